The predicted octanol–water partition coefficient (Wildman–Crippen LogP) is 0.242. The molecule has 5 heteroatoms. The van der Waals surface area contributed by atoms with Crippen LogP contribution in [0, 0.1) is 17.2 Å². The van der Waals surface area contributed by atoms with Gasteiger partial charge in [-0.15, -0.1) is 0 Å². The van der Waals surface area contributed by atoms with Crippen LogP contribution in [-0.2, 0) is 9.59 Å². The highest BCUT2D eigenvalue weighted by atomic mass is 16.4. The van der Waals surface area contributed by atoms with Crippen LogP contribution < -0.4 is 0 Å². The summed E-state index contributed by atoms with van der Waals surface area (Å²) in [5, 5.41) is 24.7. The van der Waals surface area contributed by atoms with Gasteiger partial charge < -0.3 is 10.2 Å². The average Bonchev–Trinajstić information content (AvgIpc) is 1.96. The van der Waals surface area contributed by atoms with Crippen LogP contribution in [0.1, 0.15) is 6.42 Å². The van der Waals surface area contributed by atoms with E-state index in [9.17, 15) is 9.59 Å². The highest BCUT2D eigenvalue weighted by Crippen LogP contribution is 2.04. The molecule has 0 aromatic carbocycles. The highest BCUT2D eigenvalue weighted by Gasteiger charge is 2.23. The largest absolute Gasteiger partial charge is 0.481 e. The van der Waals surface area contributed by atoms with Crippen molar-refractivity contribution in [3.63, 3.8) is 0 Å². The normalized spacial score (nSPS) is 10.0. The van der Waals surface area contributed by atoms with Gasteiger partial charge in [0.05, 0.1) is 6.07 Å². The third-order valence-corrected chi connectivity index (χ3v) is 1.16. The van der Waals surface area contributed by atoms with E-state index in [2.05, 4.69) is 0 Å². The minimum Gasteiger partial charge on any atom is -0.481 e. The van der Waals surface area contributed by atoms with Gasteiger partial charge in [0.2, 0.25) is 0 Å². The maximum Gasteiger partial charge on any atom is 0.318 e. The van der Waals surface area contributed by atoms with E-state index in [4.69, 9.17) is 15.5 Å². The van der Waals surface area contributed by atoms with E-state index in [0.29, 0.717) is 0 Å². The molecule has 0 fully saturated rings. The molecule has 5 nitrogen and oxygen atoms in total. The molecular weight excluding hydrogens is 162 g/mol. The summed E-state index contributed by atoms with van der Waals surface area (Å²) < 4.78 is 0. The zero-order valence-electron chi connectivity index (χ0n) is 6.10. The molecule has 0 aromatic rings. The van der Waals surface area contributed by atoms with Crippen molar-refractivity contribution >= 4 is 11.9 Å². The molecule has 0 saturated carbocycles. The van der Waals surface area contributed by atoms with Crippen LogP contribution in [0.5, 0.6) is 0 Å². The summed E-state index contributed by atoms with van der Waals surface area (Å²) in [4.78, 5) is 20.5. The van der Waals surface area contributed by atoms with Crippen LogP contribution in [0.3, 0.4) is 0 Å². The molecule has 0 spiro atoms. The third kappa shape index (κ3) is 3.37. The van der Waals surface area contributed by atoms with E-state index >= 15 is 0 Å². The molecule has 0 heterocycles. The quantitative estimate of drug-likeness (QED) is 0.464. The Morgan fingerprint density at radius 2 is 1.92 bits per heavy atom. The topological polar surface area (TPSA) is 98.4 Å². The van der Waals surface area contributed by atoms with Crippen molar-refractivity contribution in [2.45, 2.75) is 6.42 Å². The first kappa shape index (κ1) is 10.2. The lowest BCUT2D eigenvalue weighted by Gasteiger charge is -2.01. The van der Waals surface area contributed by atoms with E-state index in [1.54, 1.807) is 6.07 Å². The number of hydrogen-bond acceptors (Lipinski definition) is 3. The fourth-order valence-corrected chi connectivity index (χ4v) is 0.564. The van der Waals surface area contributed by atoms with Crippen molar-refractivity contribution in [3.8, 4) is 6.07 Å². The summed E-state index contributed by atoms with van der Waals surface area (Å²) in [5.74, 6) is -4.26. The predicted molar refractivity (Wildman–Crippen MR) is 38.1 cm³/mol. The van der Waals surface area contributed by atoms with Crippen molar-refractivity contribution in [2.24, 2.45) is 5.92 Å². The molecule has 0 saturated heterocycles. The molecular formula is C7H7NO4. The number of nitriles is 1. The van der Waals surface area contributed by atoms with E-state index in [0.717, 1.165) is 6.08 Å². The van der Waals surface area contributed by atoms with Gasteiger partial charge in [0.1, 0.15) is 0 Å². The molecule has 12 heavy (non-hydrogen) atoms. The lowest BCUT2D eigenvalue weighted by molar-refractivity contribution is -0.154. The number of allylic oxidation sites excluding steroid dienone is 2. The van der Waals surface area contributed by atoms with Gasteiger partial charge in [0.25, 0.3) is 0 Å². The lowest BCUT2D eigenvalue weighted by atomic mass is 10.1. The second-order valence-electron chi connectivity index (χ2n) is 2.00. The van der Waals surface area contributed by atoms with Crippen molar-refractivity contribution in [2.75, 3.05) is 0 Å². The van der Waals surface area contributed by atoms with Crippen LogP contribution in [-0.4, -0.2) is 22.2 Å². The first-order chi connectivity index (χ1) is 5.59. The Hall–Kier alpha value is -1.83. The number of carbonyl (C=O) groups is 2. The minimum atomic E-state index is -1.46. The maximum atomic E-state index is 10.2. The molecule has 0 unspecified atom stereocenters. The zero-order valence-corrected chi connectivity index (χ0v) is 6.10. The second kappa shape index (κ2) is 4.91. The Labute approximate surface area is 68.5 Å². The summed E-state index contributed by atoms with van der Waals surface area (Å²) in [6, 6.07) is 1.63. The number of aliphatic carboxylic acids is 2. The molecule has 2 N–H and O–H groups in total. The summed E-state index contributed by atoms with van der Waals surface area (Å²) in [6.07, 6.45) is 2.10. The van der Waals surface area contributed by atoms with Gasteiger partial charge >= 0.3 is 11.9 Å². The summed E-state index contributed by atoms with van der Waals surface area (Å²) in [6.45, 7) is 0. The molecule has 0 rings (SSSR count). The minimum absolute atomic E-state index is 0.168. The Kier molecular flexibility index (Phi) is 4.16. The van der Waals surface area contributed by atoms with Crippen LogP contribution in [0.2, 0.25) is 0 Å². The molecule has 0 atom stereocenters. The van der Waals surface area contributed by atoms with E-state index in [-0.39, 0.29) is 6.42 Å². The maximum absolute atomic E-state index is 10.2. The number of rotatable bonds is 4. The fraction of sp³-hybridized carbons (Fsp3) is 0.286. The Bertz CT molecular complexity index is 237. The van der Waals surface area contributed by atoms with Gasteiger partial charge in [-0.05, 0) is 6.42 Å². The zero-order chi connectivity index (χ0) is 9.56. The van der Waals surface area contributed by atoms with Crippen LogP contribution in [0.4, 0.5) is 0 Å². The van der Waals surface area contributed by atoms with Gasteiger partial charge in [-0.25, -0.2) is 0 Å². The summed E-state index contributed by atoms with van der Waals surface area (Å²) >= 11 is 0. The first-order valence-electron chi connectivity index (χ1n) is 3.09. The number of hydrogen-bond donors (Lipinski definition) is 2. The Morgan fingerprint density at radius 1 is 1.42 bits per heavy atom. The van der Waals surface area contributed by atoms with Gasteiger partial charge in [-0.1, -0.05) is 6.08 Å². The number of carboxylic acid groups (broad SMARTS) is 2. The molecule has 0 aliphatic rings. The third-order valence-electron chi connectivity index (χ3n) is 1.16. The van der Waals surface area contributed by atoms with Gasteiger partial charge in [0, 0.05) is 6.08 Å². The van der Waals surface area contributed by atoms with E-state index < -0.39 is 17.9 Å². The number of nitrogens with zero attached hydrogens (tertiary/aromatic N) is 1. The Balaban J connectivity index is 4.17. The molecule has 0 amide bonds. The van der Waals surface area contributed by atoms with E-state index in [1.807, 2.05) is 0 Å². The number of carboxylic acids is 2. The van der Waals surface area contributed by atoms with Crippen molar-refractivity contribution in [1.82, 2.24) is 0 Å². The van der Waals surface area contributed by atoms with Gasteiger partial charge in [0.15, 0.2) is 5.92 Å². The van der Waals surface area contributed by atoms with Crippen molar-refractivity contribution < 1.29 is 19.8 Å². The molecule has 0 aliphatic heterocycles. The second-order valence-corrected chi connectivity index (χ2v) is 2.00. The van der Waals surface area contributed by atoms with Crippen molar-refractivity contribution in [3.05, 3.63) is 12.2 Å². The Morgan fingerprint density at radius 3 is 2.25 bits per heavy atom. The molecule has 0 radical (unpaired) electrons. The van der Waals surface area contributed by atoms with Gasteiger partial charge in [-0.3, -0.25) is 9.59 Å². The molecule has 0 aromatic heterocycles. The monoisotopic (exact) mass is 169 g/mol. The average molecular weight is 169 g/mol. The smallest absolute Gasteiger partial charge is 0.318 e. The molecule has 0 bridgehead atoms. The first-order valence-corrected chi connectivity index (χ1v) is 3.09. The van der Waals surface area contributed by atoms with Crippen LogP contribution >= 0.6 is 0 Å². The van der Waals surface area contributed by atoms with Gasteiger partial charge in [-0.2, -0.15) is 5.26 Å². The van der Waals surface area contributed by atoms with Crippen molar-refractivity contribution in [1.29, 1.82) is 5.26 Å². The summed E-state index contributed by atoms with van der Waals surface area (Å²) in [5.41, 5.74) is 0. The van der Waals surface area contributed by atoms with E-state index in [1.165, 1.54) is 6.08 Å². The summed E-state index contributed by atoms with van der Waals surface area (Å²) in [7, 11) is 0. The molecule has 0 aliphatic carbocycles. The fourth-order valence-electron chi connectivity index (χ4n) is 0.564. The standard InChI is InChI=1S/C7H7NO4/c8-4-2-1-3-5(6(9)10)7(11)12/h1-2,5H,3H2,(H,9,10)(H,11,12). The highest BCUT2D eigenvalue weighted by molar-refractivity contribution is 5.92. The van der Waals surface area contributed by atoms with Crippen LogP contribution in [0.25, 0.3) is 0 Å². The SMILES string of the molecule is N#CC=CCC(C(=O)O)C(=O)O. The molecule has 64 valence electrons. The lowest BCUT2D eigenvalue weighted by Crippen LogP contribution is -2.22. The van der Waals surface area contributed by atoms with Crippen LogP contribution in [0.15, 0.2) is 12.2 Å².